The average Bonchev–Trinajstić information content (AvgIpc) is 3.16. The maximum Gasteiger partial charge on any atom is 0.240 e. The molecule has 1 fully saturated rings. The molecule has 1 aliphatic carbocycles. The van der Waals surface area contributed by atoms with Crippen molar-refractivity contribution in [3.05, 3.63) is 0 Å². The fraction of sp³-hybridized carbons (Fsp3) is 0.923. The molecule has 0 aromatic carbocycles. The van der Waals surface area contributed by atoms with Gasteiger partial charge in [0.1, 0.15) is 5.54 Å². The van der Waals surface area contributed by atoms with Gasteiger partial charge in [-0.3, -0.25) is 4.79 Å². The molecule has 1 rings (SSSR count). The summed E-state index contributed by atoms with van der Waals surface area (Å²) in [4.78, 5) is 11.7. The number of hydrogen-bond donors (Lipinski definition) is 2. The molecule has 18 heavy (non-hydrogen) atoms. The van der Waals surface area contributed by atoms with Gasteiger partial charge in [-0.05, 0) is 31.7 Å². The van der Waals surface area contributed by atoms with Crippen molar-refractivity contribution in [1.82, 2.24) is 5.32 Å². The SMILES string of the molecule is CCCOCCOCC(NCC)(C(N)=O)C1CC1. The molecule has 1 aliphatic rings. The van der Waals surface area contributed by atoms with E-state index in [1.807, 2.05) is 6.92 Å². The Bertz CT molecular complexity index is 257. The van der Waals surface area contributed by atoms with Gasteiger partial charge in [-0.25, -0.2) is 0 Å². The van der Waals surface area contributed by atoms with Crippen LogP contribution in [0, 0.1) is 5.92 Å². The number of carbonyl (C=O) groups excluding carboxylic acids is 1. The first kappa shape index (κ1) is 15.4. The Morgan fingerprint density at radius 3 is 2.44 bits per heavy atom. The summed E-state index contributed by atoms with van der Waals surface area (Å²) >= 11 is 0. The zero-order valence-corrected chi connectivity index (χ0v) is 11.5. The molecule has 0 saturated heterocycles. The number of ether oxygens (including phenoxy) is 2. The maximum atomic E-state index is 11.7. The molecule has 0 bridgehead atoms. The summed E-state index contributed by atoms with van der Waals surface area (Å²) in [7, 11) is 0. The fourth-order valence-corrected chi connectivity index (χ4v) is 2.16. The topological polar surface area (TPSA) is 73.6 Å². The lowest BCUT2D eigenvalue weighted by Crippen LogP contribution is -2.60. The number of hydrogen-bond acceptors (Lipinski definition) is 4. The second kappa shape index (κ2) is 7.71. The zero-order chi connectivity index (χ0) is 13.4. The monoisotopic (exact) mass is 258 g/mol. The molecule has 5 heteroatoms. The van der Waals surface area contributed by atoms with Gasteiger partial charge >= 0.3 is 0 Å². The van der Waals surface area contributed by atoms with Crippen LogP contribution in [0.4, 0.5) is 0 Å². The maximum absolute atomic E-state index is 11.7. The molecule has 1 atom stereocenters. The minimum absolute atomic E-state index is 0.304. The summed E-state index contributed by atoms with van der Waals surface area (Å²) in [6.07, 6.45) is 3.10. The highest BCUT2D eigenvalue weighted by molar-refractivity contribution is 5.85. The molecular formula is C13H26N2O3. The molecule has 3 N–H and O–H groups in total. The smallest absolute Gasteiger partial charge is 0.240 e. The summed E-state index contributed by atoms with van der Waals surface area (Å²) in [5.74, 6) is 0.0211. The third-order valence-electron chi connectivity index (χ3n) is 3.26. The van der Waals surface area contributed by atoms with E-state index in [0.717, 1.165) is 32.4 Å². The van der Waals surface area contributed by atoms with Crippen molar-refractivity contribution in [3.63, 3.8) is 0 Å². The number of nitrogens with two attached hydrogens (primary N) is 1. The van der Waals surface area contributed by atoms with E-state index < -0.39 is 5.54 Å². The van der Waals surface area contributed by atoms with Crippen LogP contribution in [0.5, 0.6) is 0 Å². The van der Waals surface area contributed by atoms with Crippen LogP contribution in [0.25, 0.3) is 0 Å². The second-order valence-electron chi connectivity index (χ2n) is 4.81. The van der Waals surface area contributed by atoms with Crippen LogP contribution in [-0.2, 0) is 14.3 Å². The van der Waals surface area contributed by atoms with Crippen molar-refractivity contribution >= 4 is 5.91 Å². The zero-order valence-electron chi connectivity index (χ0n) is 11.5. The highest BCUT2D eigenvalue weighted by Gasteiger charge is 2.49. The fourth-order valence-electron chi connectivity index (χ4n) is 2.16. The van der Waals surface area contributed by atoms with Crippen LogP contribution in [0.2, 0.25) is 0 Å². The quantitative estimate of drug-likeness (QED) is 0.534. The number of likely N-dealkylation sites (N-methyl/N-ethyl adjacent to an activating group) is 1. The molecule has 0 spiro atoms. The lowest BCUT2D eigenvalue weighted by Gasteiger charge is -2.31. The van der Waals surface area contributed by atoms with Crippen LogP contribution in [0.1, 0.15) is 33.1 Å². The lowest BCUT2D eigenvalue weighted by atomic mass is 9.93. The molecule has 0 aliphatic heterocycles. The molecule has 0 radical (unpaired) electrons. The van der Waals surface area contributed by atoms with E-state index in [1.54, 1.807) is 0 Å². The Balaban J connectivity index is 2.34. The Morgan fingerprint density at radius 2 is 1.94 bits per heavy atom. The minimum atomic E-state index is -0.681. The summed E-state index contributed by atoms with van der Waals surface area (Å²) in [5.41, 5.74) is 4.87. The summed E-state index contributed by atoms with van der Waals surface area (Å²) in [6, 6.07) is 0. The van der Waals surface area contributed by atoms with E-state index in [1.165, 1.54) is 0 Å². The number of primary amides is 1. The lowest BCUT2D eigenvalue weighted by molar-refractivity contribution is -0.128. The molecule has 0 heterocycles. The van der Waals surface area contributed by atoms with E-state index in [-0.39, 0.29) is 5.91 Å². The van der Waals surface area contributed by atoms with Gasteiger partial charge in [0.25, 0.3) is 0 Å². The van der Waals surface area contributed by atoms with E-state index >= 15 is 0 Å². The molecular weight excluding hydrogens is 232 g/mol. The van der Waals surface area contributed by atoms with Crippen LogP contribution >= 0.6 is 0 Å². The van der Waals surface area contributed by atoms with Gasteiger partial charge in [0.05, 0.1) is 19.8 Å². The van der Waals surface area contributed by atoms with E-state index in [2.05, 4.69) is 12.2 Å². The molecule has 0 aromatic rings. The third-order valence-corrected chi connectivity index (χ3v) is 3.26. The van der Waals surface area contributed by atoms with Crippen molar-refractivity contribution in [2.75, 3.05) is 33.0 Å². The number of rotatable bonds is 11. The van der Waals surface area contributed by atoms with Crippen LogP contribution in [0.15, 0.2) is 0 Å². The summed E-state index contributed by atoms with van der Waals surface area (Å²) < 4.78 is 10.9. The highest BCUT2D eigenvalue weighted by Crippen LogP contribution is 2.39. The summed E-state index contributed by atoms with van der Waals surface area (Å²) in [6.45, 7) is 6.93. The molecule has 1 saturated carbocycles. The van der Waals surface area contributed by atoms with Crippen molar-refractivity contribution in [2.45, 2.75) is 38.6 Å². The van der Waals surface area contributed by atoms with Gasteiger partial charge < -0.3 is 20.5 Å². The van der Waals surface area contributed by atoms with Gasteiger partial charge in [0.2, 0.25) is 5.91 Å². The van der Waals surface area contributed by atoms with Gasteiger partial charge in [-0.2, -0.15) is 0 Å². The Kier molecular flexibility index (Phi) is 6.60. The van der Waals surface area contributed by atoms with E-state index in [4.69, 9.17) is 15.2 Å². The van der Waals surface area contributed by atoms with Crippen molar-refractivity contribution < 1.29 is 14.3 Å². The van der Waals surface area contributed by atoms with Crippen molar-refractivity contribution in [1.29, 1.82) is 0 Å². The Hall–Kier alpha value is -0.650. The van der Waals surface area contributed by atoms with E-state index in [9.17, 15) is 4.79 Å². The van der Waals surface area contributed by atoms with Crippen molar-refractivity contribution in [3.8, 4) is 0 Å². The largest absolute Gasteiger partial charge is 0.379 e. The van der Waals surface area contributed by atoms with Crippen LogP contribution < -0.4 is 11.1 Å². The standard InChI is InChI=1S/C13H26N2O3/c1-3-7-17-8-9-18-10-13(12(14)16,15-4-2)11-5-6-11/h11,15H,3-10H2,1-2H3,(H2,14,16). The van der Waals surface area contributed by atoms with Crippen LogP contribution in [0.3, 0.4) is 0 Å². The normalized spacial score (nSPS) is 18.6. The second-order valence-corrected chi connectivity index (χ2v) is 4.81. The molecule has 106 valence electrons. The first-order chi connectivity index (χ1) is 8.67. The average molecular weight is 258 g/mol. The highest BCUT2D eigenvalue weighted by atomic mass is 16.5. The Labute approximate surface area is 109 Å². The first-order valence-corrected chi connectivity index (χ1v) is 6.87. The van der Waals surface area contributed by atoms with Gasteiger partial charge in [0, 0.05) is 6.61 Å². The minimum Gasteiger partial charge on any atom is -0.379 e. The number of nitrogens with one attached hydrogen (secondary N) is 1. The number of carbonyl (C=O) groups is 1. The van der Waals surface area contributed by atoms with E-state index in [0.29, 0.717) is 25.7 Å². The molecule has 0 aromatic heterocycles. The third kappa shape index (κ3) is 4.23. The van der Waals surface area contributed by atoms with Gasteiger partial charge in [-0.1, -0.05) is 13.8 Å². The van der Waals surface area contributed by atoms with Gasteiger partial charge in [0.15, 0.2) is 0 Å². The van der Waals surface area contributed by atoms with Crippen molar-refractivity contribution in [2.24, 2.45) is 11.7 Å². The van der Waals surface area contributed by atoms with Gasteiger partial charge in [-0.15, -0.1) is 0 Å². The first-order valence-electron chi connectivity index (χ1n) is 6.87. The van der Waals surface area contributed by atoms with Crippen LogP contribution in [-0.4, -0.2) is 44.4 Å². The Morgan fingerprint density at radius 1 is 1.28 bits per heavy atom. The molecule has 1 unspecified atom stereocenters. The molecule has 5 nitrogen and oxygen atoms in total. The number of amides is 1. The summed E-state index contributed by atoms with van der Waals surface area (Å²) in [5, 5.41) is 3.22. The predicted molar refractivity (Wildman–Crippen MR) is 70.3 cm³/mol. The predicted octanol–water partition coefficient (Wildman–Crippen LogP) is 0.673. The molecule has 1 amide bonds.